The molecular formula is C18H16N2O4. The van der Waals surface area contributed by atoms with Gasteiger partial charge in [0.05, 0.1) is 19.3 Å². The Morgan fingerprint density at radius 2 is 2.00 bits per heavy atom. The number of H-pyrrole nitrogens is 1. The monoisotopic (exact) mass is 324 g/mol. The number of pyridine rings is 1. The van der Waals surface area contributed by atoms with Crippen LogP contribution in [0.3, 0.4) is 0 Å². The second kappa shape index (κ2) is 7.79. The number of nitrogens with zero attached hydrogens (tertiary/aromatic N) is 1. The van der Waals surface area contributed by atoms with Gasteiger partial charge in [-0.15, -0.1) is 0 Å². The summed E-state index contributed by atoms with van der Waals surface area (Å²) >= 11 is 0. The van der Waals surface area contributed by atoms with E-state index in [0.717, 1.165) is 11.3 Å². The van der Waals surface area contributed by atoms with Crippen LogP contribution in [-0.4, -0.2) is 24.7 Å². The third-order valence-corrected chi connectivity index (χ3v) is 3.23. The fourth-order valence-electron chi connectivity index (χ4n) is 2.05. The number of aromatic amines is 1. The summed E-state index contributed by atoms with van der Waals surface area (Å²) in [5.41, 5.74) is 0.363. The van der Waals surface area contributed by atoms with Crippen LogP contribution in [0.4, 0.5) is 0 Å². The number of hydrogen-bond donors (Lipinski definition) is 1. The van der Waals surface area contributed by atoms with E-state index in [9.17, 15) is 9.59 Å². The van der Waals surface area contributed by atoms with Gasteiger partial charge in [0.2, 0.25) is 0 Å². The minimum Gasteiger partial charge on any atom is -0.497 e. The molecule has 0 aliphatic carbocycles. The molecule has 0 fully saturated rings. The van der Waals surface area contributed by atoms with E-state index in [1.54, 1.807) is 32.3 Å². The number of nitrogens with one attached hydrogen (secondary N) is 1. The van der Waals surface area contributed by atoms with Gasteiger partial charge in [0.25, 0.3) is 5.56 Å². The summed E-state index contributed by atoms with van der Waals surface area (Å²) in [4.78, 5) is 26.4. The fourth-order valence-corrected chi connectivity index (χ4v) is 2.05. The summed E-state index contributed by atoms with van der Waals surface area (Å²) in [5, 5.41) is 9.06. The largest absolute Gasteiger partial charge is 0.497 e. The molecular weight excluding hydrogens is 308 g/mol. The van der Waals surface area contributed by atoms with Gasteiger partial charge in [0.15, 0.2) is 0 Å². The molecule has 1 N–H and O–H groups in total. The Kier molecular flexibility index (Phi) is 5.53. The first-order valence-corrected chi connectivity index (χ1v) is 7.25. The van der Waals surface area contributed by atoms with Crippen LogP contribution in [0.25, 0.3) is 12.2 Å². The van der Waals surface area contributed by atoms with E-state index in [1.807, 2.05) is 24.3 Å². The van der Waals surface area contributed by atoms with E-state index in [4.69, 9.17) is 14.7 Å². The number of esters is 1. The highest BCUT2D eigenvalue weighted by Crippen LogP contribution is 2.14. The maximum absolute atomic E-state index is 12.0. The highest BCUT2D eigenvalue weighted by molar-refractivity contribution is 5.92. The second-order valence-electron chi connectivity index (χ2n) is 4.78. The van der Waals surface area contributed by atoms with Gasteiger partial charge in [0, 0.05) is 5.69 Å². The topological polar surface area (TPSA) is 92.2 Å². The Morgan fingerprint density at radius 1 is 1.29 bits per heavy atom. The molecule has 0 aliphatic heterocycles. The van der Waals surface area contributed by atoms with Crippen molar-refractivity contribution in [3.8, 4) is 11.8 Å². The zero-order valence-corrected chi connectivity index (χ0v) is 13.3. The summed E-state index contributed by atoms with van der Waals surface area (Å²) in [5.74, 6) is 0.0442. The van der Waals surface area contributed by atoms with Crippen LogP contribution in [0.5, 0.6) is 5.75 Å². The van der Waals surface area contributed by atoms with E-state index in [2.05, 4.69) is 4.98 Å². The van der Waals surface area contributed by atoms with E-state index in [-0.39, 0.29) is 17.7 Å². The predicted octanol–water partition coefficient (Wildman–Crippen LogP) is 2.60. The lowest BCUT2D eigenvalue weighted by Crippen LogP contribution is -2.18. The van der Waals surface area contributed by atoms with Crippen molar-refractivity contribution >= 4 is 18.1 Å². The molecule has 122 valence electrons. The number of aromatic nitrogens is 1. The van der Waals surface area contributed by atoms with Gasteiger partial charge in [-0.1, -0.05) is 18.2 Å². The molecule has 0 saturated carbocycles. The van der Waals surface area contributed by atoms with Crippen molar-refractivity contribution in [2.45, 2.75) is 6.92 Å². The molecule has 2 aromatic rings. The molecule has 0 amide bonds. The van der Waals surface area contributed by atoms with Crippen molar-refractivity contribution in [1.29, 1.82) is 5.26 Å². The summed E-state index contributed by atoms with van der Waals surface area (Å²) in [6.45, 7) is 1.81. The minimum atomic E-state index is -0.695. The summed E-state index contributed by atoms with van der Waals surface area (Å²) in [6.07, 6.45) is 3.42. The maximum atomic E-state index is 12.0. The van der Waals surface area contributed by atoms with Crippen molar-refractivity contribution in [3.63, 3.8) is 0 Å². The van der Waals surface area contributed by atoms with E-state index < -0.39 is 11.5 Å². The number of carbonyl (C=O) groups excluding carboxylic acids is 1. The van der Waals surface area contributed by atoms with E-state index in [0.29, 0.717) is 5.69 Å². The highest BCUT2D eigenvalue weighted by Gasteiger charge is 2.16. The molecule has 0 unspecified atom stereocenters. The van der Waals surface area contributed by atoms with Crippen molar-refractivity contribution in [3.05, 3.63) is 63.1 Å². The second-order valence-corrected chi connectivity index (χ2v) is 4.78. The number of nitriles is 1. The van der Waals surface area contributed by atoms with Crippen LogP contribution < -0.4 is 10.3 Å². The molecule has 0 aliphatic rings. The van der Waals surface area contributed by atoms with Crippen molar-refractivity contribution in [2.75, 3.05) is 13.7 Å². The molecule has 0 bridgehead atoms. The van der Waals surface area contributed by atoms with Gasteiger partial charge in [0.1, 0.15) is 17.4 Å². The number of ether oxygens (including phenoxy) is 2. The van der Waals surface area contributed by atoms with Gasteiger partial charge in [-0.2, -0.15) is 5.26 Å². The van der Waals surface area contributed by atoms with Gasteiger partial charge in [-0.05, 0) is 36.8 Å². The van der Waals surface area contributed by atoms with Crippen LogP contribution in [0, 0.1) is 11.3 Å². The van der Waals surface area contributed by atoms with Crippen molar-refractivity contribution < 1.29 is 14.3 Å². The van der Waals surface area contributed by atoms with Gasteiger partial charge >= 0.3 is 5.97 Å². The highest BCUT2D eigenvalue weighted by atomic mass is 16.5. The number of methoxy groups -OCH3 is 1. The Labute approximate surface area is 139 Å². The van der Waals surface area contributed by atoms with Gasteiger partial charge < -0.3 is 14.5 Å². The zero-order chi connectivity index (χ0) is 17.5. The Hall–Kier alpha value is -3.33. The first-order chi connectivity index (χ1) is 11.6. The SMILES string of the molecule is CCOC(=O)c1cc(/C=C/c2ccc(OC)cc2)[nH]c(=O)c1C#N. The molecule has 6 heteroatoms. The molecule has 1 heterocycles. The predicted molar refractivity (Wildman–Crippen MR) is 89.7 cm³/mol. The summed E-state index contributed by atoms with van der Waals surface area (Å²) in [7, 11) is 1.59. The number of benzene rings is 1. The first-order valence-electron chi connectivity index (χ1n) is 7.25. The molecule has 0 spiro atoms. The lowest BCUT2D eigenvalue weighted by Gasteiger charge is -2.05. The standard InChI is InChI=1S/C18H16N2O4/c1-3-24-18(22)15-10-13(20-17(21)16(15)11-19)7-4-12-5-8-14(23-2)9-6-12/h4-10H,3H2,1-2H3,(H,20,21)/b7-4+. The molecule has 24 heavy (non-hydrogen) atoms. The minimum absolute atomic E-state index is 0.0440. The van der Waals surface area contributed by atoms with Crippen LogP contribution in [0.2, 0.25) is 0 Å². The normalized spacial score (nSPS) is 10.4. The third kappa shape index (κ3) is 3.90. The summed E-state index contributed by atoms with van der Waals surface area (Å²) in [6, 6.07) is 10.5. The average Bonchev–Trinajstić information content (AvgIpc) is 2.60. The van der Waals surface area contributed by atoms with Gasteiger partial charge in [-0.25, -0.2) is 4.79 Å². The Balaban J connectivity index is 2.36. The third-order valence-electron chi connectivity index (χ3n) is 3.23. The number of hydrogen-bond acceptors (Lipinski definition) is 5. The van der Waals surface area contributed by atoms with E-state index in [1.165, 1.54) is 6.07 Å². The number of rotatable bonds is 5. The molecule has 2 rings (SSSR count). The van der Waals surface area contributed by atoms with Crippen LogP contribution in [0.15, 0.2) is 35.1 Å². The Morgan fingerprint density at radius 3 is 2.58 bits per heavy atom. The lowest BCUT2D eigenvalue weighted by molar-refractivity contribution is 0.0525. The number of carbonyl (C=O) groups is 1. The van der Waals surface area contributed by atoms with Crippen LogP contribution >= 0.6 is 0 Å². The van der Waals surface area contributed by atoms with Gasteiger partial charge in [-0.3, -0.25) is 4.79 Å². The maximum Gasteiger partial charge on any atom is 0.339 e. The van der Waals surface area contributed by atoms with Crippen molar-refractivity contribution in [1.82, 2.24) is 4.98 Å². The average molecular weight is 324 g/mol. The molecule has 0 atom stereocenters. The molecule has 0 saturated heterocycles. The fraction of sp³-hybridized carbons (Fsp3) is 0.167. The molecule has 1 aromatic heterocycles. The van der Waals surface area contributed by atoms with Crippen LogP contribution in [0.1, 0.15) is 34.1 Å². The molecule has 6 nitrogen and oxygen atoms in total. The summed E-state index contributed by atoms with van der Waals surface area (Å²) < 4.78 is 9.97. The molecule has 1 aromatic carbocycles. The lowest BCUT2D eigenvalue weighted by atomic mass is 10.1. The first kappa shape index (κ1) is 17.0. The van der Waals surface area contributed by atoms with Crippen molar-refractivity contribution in [2.24, 2.45) is 0 Å². The Bertz CT molecular complexity index is 858. The quantitative estimate of drug-likeness (QED) is 0.853. The zero-order valence-electron chi connectivity index (χ0n) is 13.3. The molecule has 0 radical (unpaired) electrons. The van der Waals surface area contributed by atoms with E-state index >= 15 is 0 Å². The smallest absolute Gasteiger partial charge is 0.339 e. The van der Waals surface area contributed by atoms with Crippen LogP contribution in [-0.2, 0) is 4.74 Å².